The third-order valence-electron chi connectivity index (χ3n) is 3.29. The minimum absolute atomic E-state index is 0.0498. The molecule has 0 aliphatic carbocycles. The second-order valence-corrected chi connectivity index (χ2v) is 6.67. The smallest absolute Gasteiger partial charge is 0.222 e. The van der Waals surface area contributed by atoms with Gasteiger partial charge in [-0.2, -0.15) is 0 Å². The highest BCUT2D eigenvalue weighted by Gasteiger charge is 2.26. The van der Waals surface area contributed by atoms with Crippen LogP contribution in [0, 0.1) is 11.3 Å². The van der Waals surface area contributed by atoms with Crippen LogP contribution in [0.15, 0.2) is 0 Å². The van der Waals surface area contributed by atoms with Gasteiger partial charge in [0.15, 0.2) is 0 Å². The average Bonchev–Trinajstić information content (AvgIpc) is 2.30. The zero-order valence-electron chi connectivity index (χ0n) is 13.6. The van der Waals surface area contributed by atoms with E-state index in [9.17, 15) is 9.59 Å². The second-order valence-electron chi connectivity index (χ2n) is 6.67. The Morgan fingerprint density at radius 1 is 1.05 bits per heavy atom. The number of carbonyl (C=O) groups is 2. The molecule has 0 aromatic carbocycles. The fourth-order valence-corrected chi connectivity index (χ4v) is 1.88. The van der Waals surface area contributed by atoms with Crippen molar-refractivity contribution in [3.63, 3.8) is 0 Å². The first-order chi connectivity index (χ1) is 8.55. The van der Waals surface area contributed by atoms with Gasteiger partial charge in [-0.1, -0.05) is 27.7 Å². The summed E-state index contributed by atoms with van der Waals surface area (Å²) in [6.07, 6.45) is 1.09. The Morgan fingerprint density at radius 3 is 2.00 bits per heavy atom. The fourth-order valence-electron chi connectivity index (χ4n) is 1.88. The van der Waals surface area contributed by atoms with Gasteiger partial charge in [0.05, 0.1) is 0 Å². The zero-order chi connectivity index (χ0) is 15.2. The monoisotopic (exact) mass is 270 g/mol. The first kappa shape index (κ1) is 18.1. The van der Waals surface area contributed by atoms with E-state index >= 15 is 0 Å². The van der Waals surface area contributed by atoms with Gasteiger partial charge in [0.2, 0.25) is 5.91 Å². The van der Waals surface area contributed by atoms with Crippen LogP contribution in [-0.4, -0.2) is 55.7 Å². The normalized spacial score (nSPS) is 13.5. The quantitative estimate of drug-likeness (QED) is 0.711. The number of nitrogens with zero attached hydrogens (tertiary/aromatic N) is 2. The number of likely N-dealkylation sites (N-methyl/N-ethyl adjacent to an activating group) is 2. The largest absolute Gasteiger partial charge is 0.344 e. The number of ketones is 1. The Hall–Kier alpha value is -0.900. The van der Waals surface area contributed by atoms with E-state index in [4.69, 9.17) is 0 Å². The molecule has 0 radical (unpaired) electrons. The summed E-state index contributed by atoms with van der Waals surface area (Å²) in [7, 11) is 5.80. The van der Waals surface area contributed by atoms with Gasteiger partial charge in [-0.25, -0.2) is 0 Å². The second kappa shape index (κ2) is 7.63. The molecule has 0 aliphatic heterocycles. The summed E-state index contributed by atoms with van der Waals surface area (Å²) in [5, 5.41) is 0. The van der Waals surface area contributed by atoms with E-state index in [1.54, 1.807) is 4.90 Å². The molecule has 4 heteroatoms. The van der Waals surface area contributed by atoms with Gasteiger partial charge in [0, 0.05) is 37.9 Å². The highest BCUT2D eigenvalue weighted by molar-refractivity contribution is 5.86. The summed E-state index contributed by atoms with van der Waals surface area (Å²) >= 11 is 0. The summed E-state index contributed by atoms with van der Waals surface area (Å²) < 4.78 is 0. The molecule has 0 heterocycles. The molecule has 0 unspecified atom stereocenters. The zero-order valence-corrected chi connectivity index (χ0v) is 13.6. The molecule has 19 heavy (non-hydrogen) atoms. The molecule has 0 N–H and O–H groups in total. The maximum absolute atomic E-state index is 12.0. The summed E-state index contributed by atoms with van der Waals surface area (Å²) in [6, 6.07) is 0. The average molecular weight is 270 g/mol. The molecule has 0 rings (SSSR count). The van der Waals surface area contributed by atoms with Crippen LogP contribution in [0.1, 0.15) is 40.5 Å². The molecule has 0 saturated carbocycles. The molecule has 1 atom stereocenters. The Labute approximate surface area is 118 Å². The molecule has 0 aromatic rings. The van der Waals surface area contributed by atoms with E-state index in [-0.39, 0.29) is 23.0 Å². The van der Waals surface area contributed by atoms with Crippen molar-refractivity contribution in [2.24, 2.45) is 11.3 Å². The van der Waals surface area contributed by atoms with Gasteiger partial charge >= 0.3 is 0 Å². The van der Waals surface area contributed by atoms with E-state index in [0.717, 1.165) is 13.1 Å². The SMILES string of the molecule is C[C@H](CCC(=O)N(C)CCN(C)C)C(=O)C(C)(C)C. The molecule has 0 aromatic heterocycles. The minimum atomic E-state index is -0.320. The lowest BCUT2D eigenvalue weighted by Crippen LogP contribution is -2.34. The van der Waals surface area contributed by atoms with Crippen molar-refractivity contribution < 1.29 is 9.59 Å². The Kier molecular flexibility index (Phi) is 7.27. The van der Waals surface area contributed by atoms with Crippen LogP contribution < -0.4 is 0 Å². The van der Waals surface area contributed by atoms with Gasteiger partial charge in [-0.05, 0) is 20.5 Å². The topological polar surface area (TPSA) is 40.6 Å². The van der Waals surface area contributed by atoms with Crippen molar-refractivity contribution in [2.45, 2.75) is 40.5 Å². The van der Waals surface area contributed by atoms with Crippen molar-refractivity contribution in [1.82, 2.24) is 9.80 Å². The van der Waals surface area contributed by atoms with E-state index in [0.29, 0.717) is 12.8 Å². The van der Waals surface area contributed by atoms with Gasteiger partial charge in [0.1, 0.15) is 5.78 Å². The highest BCUT2D eigenvalue weighted by Crippen LogP contribution is 2.22. The van der Waals surface area contributed by atoms with E-state index in [1.165, 1.54) is 0 Å². The van der Waals surface area contributed by atoms with Crippen LogP contribution in [0.25, 0.3) is 0 Å². The van der Waals surface area contributed by atoms with E-state index < -0.39 is 0 Å². The van der Waals surface area contributed by atoms with Crippen LogP contribution in [0.4, 0.5) is 0 Å². The van der Waals surface area contributed by atoms with Gasteiger partial charge in [-0.3, -0.25) is 9.59 Å². The first-order valence-electron chi connectivity index (χ1n) is 6.98. The Balaban J connectivity index is 4.12. The van der Waals surface area contributed by atoms with Gasteiger partial charge in [0.25, 0.3) is 0 Å². The fraction of sp³-hybridized carbons (Fsp3) is 0.867. The van der Waals surface area contributed by atoms with Crippen molar-refractivity contribution >= 4 is 11.7 Å². The predicted molar refractivity (Wildman–Crippen MR) is 79.1 cm³/mol. The third kappa shape index (κ3) is 7.31. The predicted octanol–water partition coefficient (Wildman–Crippen LogP) is 2.04. The Bertz CT molecular complexity index is 306. The number of amides is 1. The highest BCUT2D eigenvalue weighted by atomic mass is 16.2. The van der Waals surface area contributed by atoms with E-state index in [1.807, 2.05) is 48.8 Å². The molecular weight excluding hydrogens is 240 g/mol. The molecule has 0 spiro atoms. The van der Waals surface area contributed by atoms with Gasteiger partial charge < -0.3 is 9.80 Å². The van der Waals surface area contributed by atoms with Crippen molar-refractivity contribution in [1.29, 1.82) is 0 Å². The van der Waals surface area contributed by atoms with Crippen molar-refractivity contribution in [3.8, 4) is 0 Å². The van der Waals surface area contributed by atoms with Crippen LogP contribution >= 0.6 is 0 Å². The molecule has 0 fully saturated rings. The van der Waals surface area contributed by atoms with Crippen LogP contribution in [0.3, 0.4) is 0 Å². The van der Waals surface area contributed by atoms with Crippen LogP contribution in [-0.2, 0) is 9.59 Å². The van der Waals surface area contributed by atoms with E-state index in [2.05, 4.69) is 4.90 Å². The summed E-state index contributed by atoms with van der Waals surface area (Å²) in [5.41, 5.74) is -0.320. The lowest BCUT2D eigenvalue weighted by molar-refractivity contribution is -0.132. The Morgan fingerprint density at radius 2 is 1.58 bits per heavy atom. The van der Waals surface area contributed by atoms with Crippen LogP contribution in [0.2, 0.25) is 0 Å². The summed E-state index contributed by atoms with van der Waals surface area (Å²) in [4.78, 5) is 27.8. The third-order valence-corrected chi connectivity index (χ3v) is 3.29. The standard InChI is InChI=1S/C15H30N2O2/c1-12(14(19)15(2,3)4)8-9-13(18)17(7)11-10-16(5)6/h12H,8-11H2,1-7H3/t12-/m1/s1. The molecule has 4 nitrogen and oxygen atoms in total. The molecule has 1 amide bonds. The van der Waals surface area contributed by atoms with Crippen LogP contribution in [0.5, 0.6) is 0 Å². The summed E-state index contributed by atoms with van der Waals surface area (Å²) in [6.45, 7) is 9.29. The number of carbonyl (C=O) groups excluding carboxylic acids is 2. The molecular formula is C15H30N2O2. The maximum atomic E-state index is 12.0. The summed E-state index contributed by atoms with van der Waals surface area (Å²) in [5.74, 6) is 0.304. The molecule has 0 bridgehead atoms. The molecule has 112 valence electrons. The molecule has 0 saturated heterocycles. The van der Waals surface area contributed by atoms with Crippen molar-refractivity contribution in [3.05, 3.63) is 0 Å². The number of hydrogen-bond acceptors (Lipinski definition) is 3. The van der Waals surface area contributed by atoms with Crippen molar-refractivity contribution in [2.75, 3.05) is 34.2 Å². The number of hydrogen-bond donors (Lipinski definition) is 0. The number of rotatable bonds is 7. The molecule has 0 aliphatic rings. The lowest BCUT2D eigenvalue weighted by atomic mass is 9.82. The maximum Gasteiger partial charge on any atom is 0.222 e. The lowest BCUT2D eigenvalue weighted by Gasteiger charge is -2.23. The first-order valence-corrected chi connectivity index (χ1v) is 6.98. The number of Topliss-reactive ketones (excluding diaryl/α,β-unsaturated/α-hetero) is 1. The van der Waals surface area contributed by atoms with Gasteiger partial charge in [-0.15, -0.1) is 0 Å². The minimum Gasteiger partial charge on any atom is -0.344 e.